The third kappa shape index (κ3) is 4.70. The predicted octanol–water partition coefficient (Wildman–Crippen LogP) is 3.37. The van der Waals surface area contributed by atoms with E-state index in [9.17, 15) is 8.42 Å². The normalized spacial score (nSPS) is 16.9. The van der Waals surface area contributed by atoms with Crippen LogP contribution in [0.3, 0.4) is 0 Å². The quantitative estimate of drug-likeness (QED) is 0.821. The van der Waals surface area contributed by atoms with Crippen LogP contribution in [0.4, 0.5) is 0 Å². The molecule has 6 heteroatoms. The van der Waals surface area contributed by atoms with Crippen molar-refractivity contribution in [3.8, 4) is 0 Å². The third-order valence-corrected chi connectivity index (χ3v) is 6.22. The maximum Gasteiger partial charge on any atom is 0.212 e. The van der Waals surface area contributed by atoms with Gasteiger partial charge < -0.3 is 5.73 Å². The first-order valence-corrected chi connectivity index (χ1v) is 9.91. The topological polar surface area (TPSA) is 72.2 Å². The highest BCUT2D eigenvalue weighted by atomic mass is 35.5. The molecule has 1 saturated carbocycles. The van der Waals surface area contributed by atoms with E-state index in [1.165, 1.54) is 0 Å². The summed E-state index contributed by atoms with van der Waals surface area (Å²) in [6.45, 7) is 0.252. The minimum atomic E-state index is -3.31. The Morgan fingerprint density at radius 3 is 2.42 bits per heavy atom. The highest BCUT2D eigenvalue weighted by Gasteiger charge is 2.25. The van der Waals surface area contributed by atoms with Crippen LogP contribution in [0.1, 0.15) is 37.3 Å². The zero-order chi connectivity index (χ0) is 16.3. The molecule has 0 amide bonds. The molecule has 0 radical (unpaired) electrons. The molecule has 3 N–H and O–H groups in total. The molecule has 0 bridgehead atoms. The monoisotopic (exact) mass is 368 g/mol. The number of rotatable bonds is 6. The first-order chi connectivity index (χ1) is 11.1. The fraction of sp³-hybridized carbons (Fsp3) is 0.444. The molecule has 1 aliphatic rings. The second-order valence-corrected chi connectivity index (χ2v) is 8.24. The first kappa shape index (κ1) is 19.2. The van der Waals surface area contributed by atoms with E-state index in [2.05, 4.69) is 4.72 Å². The maximum atomic E-state index is 12.4. The summed E-state index contributed by atoms with van der Waals surface area (Å²) in [5, 5.41) is 2.24. The fourth-order valence-corrected chi connectivity index (χ4v) is 5.14. The van der Waals surface area contributed by atoms with Gasteiger partial charge in [0, 0.05) is 6.54 Å². The highest BCUT2D eigenvalue weighted by molar-refractivity contribution is 7.89. The van der Waals surface area contributed by atoms with Gasteiger partial charge >= 0.3 is 0 Å². The molecule has 1 fully saturated rings. The van der Waals surface area contributed by atoms with Crippen molar-refractivity contribution in [3.63, 3.8) is 0 Å². The Labute approximate surface area is 150 Å². The molecule has 3 rings (SSSR count). The number of fused-ring (bicyclic) bond motifs is 1. The zero-order valence-corrected chi connectivity index (χ0v) is 15.3. The summed E-state index contributed by atoms with van der Waals surface area (Å²) in [6.07, 6.45) is 4.32. The molecule has 1 aliphatic carbocycles. The molecule has 0 saturated heterocycles. The maximum absolute atomic E-state index is 12.4. The molecule has 0 spiro atoms. The molecular formula is C18H25ClN2O2S. The number of sulfonamides is 1. The number of hydrogen-bond acceptors (Lipinski definition) is 3. The van der Waals surface area contributed by atoms with Crippen LogP contribution in [0.5, 0.6) is 0 Å². The summed E-state index contributed by atoms with van der Waals surface area (Å²) < 4.78 is 27.7. The summed E-state index contributed by atoms with van der Waals surface area (Å²) >= 11 is 0. The van der Waals surface area contributed by atoms with E-state index in [1.807, 2.05) is 42.5 Å². The van der Waals surface area contributed by atoms with E-state index in [4.69, 9.17) is 5.73 Å². The predicted molar refractivity (Wildman–Crippen MR) is 102 cm³/mol. The van der Waals surface area contributed by atoms with Crippen molar-refractivity contribution < 1.29 is 8.42 Å². The van der Waals surface area contributed by atoms with Crippen LogP contribution in [-0.4, -0.2) is 20.7 Å². The Kier molecular flexibility index (Phi) is 6.63. The molecule has 24 heavy (non-hydrogen) atoms. The number of halogens is 1. The van der Waals surface area contributed by atoms with Crippen molar-refractivity contribution in [2.75, 3.05) is 12.3 Å². The van der Waals surface area contributed by atoms with E-state index in [0.717, 1.165) is 42.0 Å². The second-order valence-electron chi connectivity index (χ2n) is 6.44. The third-order valence-electron chi connectivity index (χ3n) is 4.66. The van der Waals surface area contributed by atoms with Crippen LogP contribution in [0.25, 0.3) is 10.8 Å². The van der Waals surface area contributed by atoms with Crippen LogP contribution in [0.2, 0.25) is 0 Å². The lowest BCUT2D eigenvalue weighted by molar-refractivity contribution is 0.532. The van der Waals surface area contributed by atoms with Gasteiger partial charge in [-0.15, -0.1) is 12.4 Å². The van der Waals surface area contributed by atoms with Crippen LogP contribution in [0, 0.1) is 5.92 Å². The van der Waals surface area contributed by atoms with Gasteiger partial charge in [0.05, 0.1) is 11.8 Å². The van der Waals surface area contributed by atoms with Crippen LogP contribution >= 0.6 is 12.4 Å². The minimum Gasteiger partial charge on any atom is -0.329 e. The number of benzene rings is 2. The molecule has 0 heterocycles. The molecule has 4 nitrogen and oxygen atoms in total. The van der Waals surface area contributed by atoms with Gasteiger partial charge in [0.15, 0.2) is 0 Å². The number of nitrogens with one attached hydrogen (secondary N) is 1. The van der Waals surface area contributed by atoms with Crippen molar-refractivity contribution >= 4 is 33.2 Å². The standard InChI is InChI=1S/C18H24N2O2S.ClH/c19-12-18(20-23(21,22)13-14-5-1-2-6-14)17-10-9-15-7-3-4-8-16(15)11-17;/h3-4,7-11,14,18,20H,1-2,5-6,12-13,19H2;1H. The van der Waals surface area contributed by atoms with Crippen molar-refractivity contribution in [1.29, 1.82) is 0 Å². The van der Waals surface area contributed by atoms with Gasteiger partial charge in [0.1, 0.15) is 0 Å². The number of nitrogens with two attached hydrogens (primary N) is 1. The van der Waals surface area contributed by atoms with Gasteiger partial charge in [0.25, 0.3) is 0 Å². The van der Waals surface area contributed by atoms with Gasteiger partial charge in [-0.05, 0) is 41.2 Å². The van der Waals surface area contributed by atoms with Gasteiger partial charge in [0.2, 0.25) is 10.0 Å². The summed E-state index contributed by atoms with van der Waals surface area (Å²) in [5.41, 5.74) is 6.76. The van der Waals surface area contributed by atoms with E-state index in [1.54, 1.807) is 0 Å². The molecule has 2 aromatic carbocycles. The lowest BCUT2D eigenvalue weighted by Crippen LogP contribution is -2.36. The SMILES string of the molecule is Cl.NCC(NS(=O)(=O)CC1CCCC1)c1ccc2ccccc2c1. The summed E-state index contributed by atoms with van der Waals surface area (Å²) in [7, 11) is -3.31. The van der Waals surface area contributed by atoms with Crippen LogP contribution in [-0.2, 0) is 10.0 Å². The summed E-state index contributed by atoms with van der Waals surface area (Å²) in [4.78, 5) is 0. The van der Waals surface area contributed by atoms with Crippen molar-refractivity contribution in [1.82, 2.24) is 4.72 Å². The molecule has 1 atom stereocenters. The first-order valence-electron chi connectivity index (χ1n) is 8.26. The van der Waals surface area contributed by atoms with Gasteiger partial charge in [-0.3, -0.25) is 0 Å². The molecule has 132 valence electrons. The average molecular weight is 369 g/mol. The van der Waals surface area contributed by atoms with Gasteiger partial charge in [-0.2, -0.15) is 0 Å². The fourth-order valence-electron chi connectivity index (χ4n) is 3.43. The minimum absolute atomic E-state index is 0. The molecule has 0 aliphatic heterocycles. The Hall–Kier alpha value is -1.14. The van der Waals surface area contributed by atoms with Crippen molar-refractivity contribution in [2.24, 2.45) is 11.7 Å². The summed E-state index contributed by atoms with van der Waals surface area (Å²) in [6, 6.07) is 13.7. The van der Waals surface area contributed by atoms with Gasteiger partial charge in [-0.1, -0.05) is 49.2 Å². The molecular weight excluding hydrogens is 344 g/mol. The van der Waals surface area contributed by atoms with E-state index >= 15 is 0 Å². The van der Waals surface area contributed by atoms with Crippen LogP contribution < -0.4 is 10.5 Å². The molecule has 1 unspecified atom stereocenters. The average Bonchev–Trinajstić information content (AvgIpc) is 3.04. The largest absolute Gasteiger partial charge is 0.329 e. The lowest BCUT2D eigenvalue weighted by Gasteiger charge is -2.19. The number of hydrogen-bond donors (Lipinski definition) is 2. The molecule has 0 aromatic heterocycles. The van der Waals surface area contributed by atoms with Crippen LogP contribution in [0.15, 0.2) is 42.5 Å². The Morgan fingerprint density at radius 1 is 1.08 bits per heavy atom. The van der Waals surface area contributed by atoms with Crippen molar-refractivity contribution in [3.05, 3.63) is 48.0 Å². The zero-order valence-electron chi connectivity index (χ0n) is 13.6. The Morgan fingerprint density at radius 2 is 1.75 bits per heavy atom. The highest BCUT2D eigenvalue weighted by Crippen LogP contribution is 2.26. The smallest absolute Gasteiger partial charge is 0.212 e. The van der Waals surface area contributed by atoms with E-state index in [-0.39, 0.29) is 30.7 Å². The summed E-state index contributed by atoms with van der Waals surface area (Å²) in [5.74, 6) is 0.513. The lowest BCUT2D eigenvalue weighted by atomic mass is 10.0. The van der Waals surface area contributed by atoms with E-state index in [0.29, 0.717) is 5.92 Å². The Bertz CT molecular complexity index is 773. The van der Waals surface area contributed by atoms with Gasteiger partial charge in [-0.25, -0.2) is 13.1 Å². The second kappa shape index (κ2) is 8.30. The molecule has 2 aromatic rings. The van der Waals surface area contributed by atoms with E-state index < -0.39 is 10.0 Å². The Balaban J connectivity index is 0.00000208. The van der Waals surface area contributed by atoms with Crippen molar-refractivity contribution in [2.45, 2.75) is 31.7 Å².